The monoisotopic (exact) mass is 411 g/mol. The molecule has 3 heterocycles. The molecule has 0 aliphatic carbocycles. The summed E-state index contributed by atoms with van der Waals surface area (Å²) in [4.78, 5) is 5.83. The van der Waals surface area contributed by atoms with Gasteiger partial charge in [-0.2, -0.15) is 0 Å². The number of ether oxygens (including phenoxy) is 1. The van der Waals surface area contributed by atoms with Gasteiger partial charge >= 0.3 is 0 Å². The first-order valence-corrected chi connectivity index (χ1v) is 6.27. The fourth-order valence-corrected chi connectivity index (χ4v) is 2.47. The van der Waals surface area contributed by atoms with E-state index in [0.29, 0.717) is 18.2 Å². The number of nitrogens with zero attached hydrogens (tertiary/aromatic N) is 3. The Morgan fingerprint density at radius 2 is 2.19 bits per heavy atom. The minimum atomic E-state index is -1.17. The predicted molar refractivity (Wildman–Crippen MR) is 83.7 cm³/mol. The Hall–Kier alpha value is -0.950. The number of amidine groups is 1. The normalized spacial score (nSPS) is 31.6. The molecular weight excluding hydrogens is 393 g/mol. The van der Waals surface area contributed by atoms with Crippen LogP contribution in [0.5, 0.6) is 0 Å². The second-order valence-electron chi connectivity index (χ2n) is 4.96. The number of aromatic nitrogens is 2. The van der Waals surface area contributed by atoms with Crippen molar-refractivity contribution < 1.29 is 20.1 Å². The minimum Gasteiger partial charge on any atom is -0.394 e. The van der Waals surface area contributed by atoms with Crippen molar-refractivity contribution in [1.29, 1.82) is 5.41 Å². The fourth-order valence-electron chi connectivity index (χ4n) is 2.47. The summed E-state index contributed by atoms with van der Waals surface area (Å²) in [5.74, 6) is 0.826. The summed E-state index contributed by atoms with van der Waals surface area (Å²) in [6.45, 7) is 0.0594. The van der Waals surface area contributed by atoms with Crippen molar-refractivity contribution in [3.05, 3.63) is 12.0 Å². The van der Waals surface area contributed by atoms with E-state index >= 15 is 0 Å². The Bertz CT molecular complexity index is 539. The molecule has 4 atom stereocenters. The van der Waals surface area contributed by atoms with Crippen LogP contribution in [0.1, 0.15) is 11.9 Å². The largest absolute Gasteiger partial charge is 0.394 e. The number of rotatable bonds is 2. The molecule has 9 nitrogen and oxygen atoms in total. The summed E-state index contributed by atoms with van der Waals surface area (Å²) in [6.07, 6.45) is -2.55. The summed E-state index contributed by atoms with van der Waals surface area (Å²) < 4.78 is 7.00. The number of hydrogen-bond acceptors (Lipinski definition) is 7. The number of imidazole rings is 1. The van der Waals surface area contributed by atoms with E-state index < -0.39 is 24.5 Å². The van der Waals surface area contributed by atoms with Gasteiger partial charge in [0.25, 0.3) is 0 Å². The van der Waals surface area contributed by atoms with Gasteiger partial charge in [0.2, 0.25) is 0 Å². The van der Waals surface area contributed by atoms with E-state index in [0.717, 1.165) is 0 Å². The lowest BCUT2D eigenvalue weighted by molar-refractivity contribution is -0.0519. The number of fused-ring (bicyclic) bond motifs is 1. The van der Waals surface area contributed by atoms with Crippen LogP contribution in [0, 0.1) is 5.41 Å². The SMILES string of the molecule is CN1CNc2c(ncn2[C@@H]2O[C@H](CO)[C@@H](O)[C@H]2O)C1=N.I. The van der Waals surface area contributed by atoms with Crippen molar-refractivity contribution in [3.8, 4) is 0 Å². The Labute approximate surface area is 138 Å². The molecule has 0 amide bonds. The topological polar surface area (TPSA) is 127 Å². The number of aliphatic hydroxyl groups is 3. The quantitative estimate of drug-likeness (QED) is 0.385. The van der Waals surface area contributed by atoms with E-state index in [2.05, 4.69) is 10.3 Å². The fraction of sp³-hybridized carbons (Fsp3) is 0.636. The summed E-state index contributed by atoms with van der Waals surface area (Å²) >= 11 is 0. The summed E-state index contributed by atoms with van der Waals surface area (Å²) in [7, 11) is 1.77. The molecule has 2 aliphatic rings. The van der Waals surface area contributed by atoms with E-state index in [-0.39, 0.29) is 36.4 Å². The van der Waals surface area contributed by atoms with Crippen LogP contribution in [0.4, 0.5) is 5.82 Å². The first-order valence-electron chi connectivity index (χ1n) is 6.27. The van der Waals surface area contributed by atoms with Crippen LogP contribution in [-0.4, -0.2) is 74.2 Å². The molecule has 0 saturated carbocycles. The van der Waals surface area contributed by atoms with Gasteiger partial charge in [0.05, 0.1) is 19.6 Å². The Morgan fingerprint density at radius 3 is 2.81 bits per heavy atom. The molecule has 0 radical (unpaired) electrons. The number of nitrogens with one attached hydrogen (secondary N) is 2. The van der Waals surface area contributed by atoms with E-state index in [9.17, 15) is 10.2 Å². The summed E-state index contributed by atoms with van der Waals surface area (Å²) in [5, 5.41) is 39.9. The maximum absolute atomic E-state index is 10.0. The first-order chi connectivity index (χ1) is 9.54. The average molecular weight is 411 g/mol. The van der Waals surface area contributed by atoms with Crippen molar-refractivity contribution >= 4 is 35.6 Å². The lowest BCUT2D eigenvalue weighted by Gasteiger charge is -2.28. The highest BCUT2D eigenvalue weighted by Gasteiger charge is 2.44. The van der Waals surface area contributed by atoms with E-state index in [1.165, 1.54) is 6.33 Å². The molecule has 118 valence electrons. The van der Waals surface area contributed by atoms with Gasteiger partial charge in [0.15, 0.2) is 12.1 Å². The van der Waals surface area contributed by atoms with Gasteiger partial charge in [-0.1, -0.05) is 0 Å². The third-order valence-corrected chi connectivity index (χ3v) is 3.67. The van der Waals surface area contributed by atoms with Crippen LogP contribution >= 0.6 is 24.0 Å². The second-order valence-corrected chi connectivity index (χ2v) is 4.96. The van der Waals surface area contributed by atoms with E-state index in [1.54, 1.807) is 16.5 Å². The highest BCUT2D eigenvalue weighted by Crippen LogP contribution is 2.33. The molecule has 0 bridgehead atoms. The van der Waals surface area contributed by atoms with E-state index in [1.807, 2.05) is 0 Å². The molecule has 0 spiro atoms. The van der Waals surface area contributed by atoms with Crippen molar-refractivity contribution in [1.82, 2.24) is 14.5 Å². The molecular formula is C11H18IN5O4. The highest BCUT2D eigenvalue weighted by atomic mass is 127. The zero-order valence-corrected chi connectivity index (χ0v) is 13.6. The summed E-state index contributed by atoms with van der Waals surface area (Å²) in [5.41, 5.74) is 0.455. The molecule has 3 rings (SSSR count). The smallest absolute Gasteiger partial charge is 0.165 e. The molecule has 21 heavy (non-hydrogen) atoms. The maximum atomic E-state index is 10.0. The number of aliphatic hydroxyl groups excluding tert-OH is 3. The number of anilines is 1. The third-order valence-electron chi connectivity index (χ3n) is 3.67. The second kappa shape index (κ2) is 6.04. The van der Waals surface area contributed by atoms with Crippen molar-refractivity contribution in [2.45, 2.75) is 24.5 Å². The molecule has 1 aromatic heterocycles. The van der Waals surface area contributed by atoms with Crippen LogP contribution in [-0.2, 0) is 4.74 Å². The predicted octanol–water partition coefficient (Wildman–Crippen LogP) is -1.25. The molecule has 0 aromatic carbocycles. The van der Waals surface area contributed by atoms with Crippen LogP contribution in [0.3, 0.4) is 0 Å². The van der Waals surface area contributed by atoms with Gasteiger partial charge in [0, 0.05) is 7.05 Å². The minimum absolute atomic E-state index is 0. The van der Waals surface area contributed by atoms with Crippen molar-refractivity contribution in [2.24, 2.45) is 0 Å². The highest BCUT2D eigenvalue weighted by molar-refractivity contribution is 14.0. The van der Waals surface area contributed by atoms with Gasteiger partial charge in [-0.05, 0) is 0 Å². The Kier molecular flexibility index (Phi) is 4.72. The van der Waals surface area contributed by atoms with Gasteiger partial charge in [-0.15, -0.1) is 24.0 Å². The average Bonchev–Trinajstić information content (AvgIpc) is 2.98. The van der Waals surface area contributed by atoms with Crippen LogP contribution < -0.4 is 5.32 Å². The molecule has 1 aromatic rings. The molecule has 2 aliphatic heterocycles. The lowest BCUT2D eigenvalue weighted by Crippen LogP contribution is -2.38. The van der Waals surface area contributed by atoms with Crippen molar-refractivity contribution in [3.63, 3.8) is 0 Å². The molecule has 1 fully saturated rings. The molecule has 5 N–H and O–H groups in total. The standard InChI is InChI=1S/C11H17N5O4.HI/c1-15-3-14-10-6(9(15)12)13-4-16(10)11-8(19)7(18)5(2-17)20-11;/h4-5,7-8,11-12,14,17-19H,2-3H2,1H3;1H/t5-,7-,8-,11-;/m1./s1. The van der Waals surface area contributed by atoms with E-state index in [4.69, 9.17) is 15.3 Å². The van der Waals surface area contributed by atoms with Gasteiger partial charge in [-0.25, -0.2) is 4.98 Å². The number of halogens is 1. The molecule has 0 unspecified atom stereocenters. The van der Waals surface area contributed by atoms with Crippen molar-refractivity contribution in [2.75, 3.05) is 25.6 Å². The Balaban J connectivity index is 0.00000161. The van der Waals surface area contributed by atoms with Gasteiger partial charge in [0.1, 0.15) is 29.8 Å². The molecule has 10 heteroatoms. The summed E-state index contributed by atoms with van der Waals surface area (Å²) in [6, 6.07) is 0. The van der Waals surface area contributed by atoms with Crippen LogP contribution in [0.25, 0.3) is 0 Å². The third kappa shape index (κ3) is 2.50. The first kappa shape index (κ1) is 16.4. The van der Waals surface area contributed by atoms with Gasteiger partial charge < -0.3 is 30.3 Å². The van der Waals surface area contributed by atoms with Crippen LogP contribution in [0.15, 0.2) is 6.33 Å². The number of hydrogen-bond donors (Lipinski definition) is 5. The zero-order valence-electron chi connectivity index (χ0n) is 11.3. The molecule has 1 saturated heterocycles. The lowest BCUT2D eigenvalue weighted by atomic mass is 10.1. The Morgan fingerprint density at radius 1 is 1.48 bits per heavy atom. The van der Waals surface area contributed by atoms with Crippen LogP contribution in [0.2, 0.25) is 0 Å². The maximum Gasteiger partial charge on any atom is 0.165 e. The van der Waals surface area contributed by atoms with Gasteiger partial charge in [-0.3, -0.25) is 9.98 Å². The zero-order chi connectivity index (χ0) is 14.4.